The summed E-state index contributed by atoms with van der Waals surface area (Å²) >= 11 is 0. The molecule has 0 saturated carbocycles. The summed E-state index contributed by atoms with van der Waals surface area (Å²) in [5, 5.41) is 18.2. The highest BCUT2D eigenvalue weighted by molar-refractivity contribution is 5.35. The predicted octanol–water partition coefficient (Wildman–Crippen LogP) is 1.54. The third-order valence-electron chi connectivity index (χ3n) is 5.92. The fourth-order valence-electron chi connectivity index (χ4n) is 4.31. The highest BCUT2D eigenvalue weighted by Gasteiger charge is 2.27. The lowest BCUT2D eigenvalue weighted by molar-refractivity contribution is 0.0326. The van der Waals surface area contributed by atoms with Crippen molar-refractivity contribution in [2.24, 2.45) is 7.05 Å². The van der Waals surface area contributed by atoms with Crippen molar-refractivity contribution in [3.8, 4) is 6.07 Å². The van der Waals surface area contributed by atoms with E-state index >= 15 is 0 Å². The smallest absolute Gasteiger partial charge is 0.146 e. The van der Waals surface area contributed by atoms with Gasteiger partial charge in [-0.2, -0.15) is 5.26 Å². The van der Waals surface area contributed by atoms with Gasteiger partial charge in [0.05, 0.1) is 25.3 Å². The maximum absolute atomic E-state index is 9.17. The molecule has 0 aliphatic carbocycles. The number of aromatic amines is 1. The molecular formula is C20H29N7O. The monoisotopic (exact) mass is 383 g/mol. The van der Waals surface area contributed by atoms with E-state index in [0.717, 1.165) is 93.9 Å². The Hall–Kier alpha value is -2.21. The zero-order valence-corrected chi connectivity index (χ0v) is 16.8. The molecule has 2 saturated heterocycles. The van der Waals surface area contributed by atoms with Gasteiger partial charge in [-0.05, 0) is 32.4 Å². The van der Waals surface area contributed by atoms with Crippen LogP contribution in [0.3, 0.4) is 0 Å². The van der Waals surface area contributed by atoms with Crippen molar-refractivity contribution in [1.82, 2.24) is 29.5 Å². The lowest BCUT2D eigenvalue weighted by Crippen LogP contribution is -2.36. The van der Waals surface area contributed by atoms with E-state index < -0.39 is 0 Å². The van der Waals surface area contributed by atoms with Gasteiger partial charge < -0.3 is 14.3 Å². The van der Waals surface area contributed by atoms with Gasteiger partial charge in [-0.3, -0.25) is 9.80 Å². The molecule has 150 valence electrons. The SMILES string of the molecule is Cc1[nH]c(CN2CCC[C@H](c3nnc(CN4CCOCC4)n3C)C2)cc1C#N. The Kier molecular flexibility index (Phi) is 5.76. The molecular weight excluding hydrogens is 354 g/mol. The Balaban J connectivity index is 1.40. The van der Waals surface area contributed by atoms with E-state index in [1.165, 1.54) is 0 Å². The molecule has 1 atom stereocenters. The Morgan fingerprint density at radius 2 is 2.04 bits per heavy atom. The van der Waals surface area contributed by atoms with Crippen LogP contribution in [0.1, 0.15) is 47.4 Å². The van der Waals surface area contributed by atoms with Crippen LogP contribution in [0.4, 0.5) is 0 Å². The molecule has 0 amide bonds. The van der Waals surface area contributed by atoms with Gasteiger partial charge in [-0.25, -0.2) is 0 Å². The number of nitrogens with zero attached hydrogens (tertiary/aromatic N) is 6. The van der Waals surface area contributed by atoms with Crippen LogP contribution in [-0.2, 0) is 24.9 Å². The van der Waals surface area contributed by atoms with Gasteiger partial charge in [0, 0.05) is 50.5 Å². The summed E-state index contributed by atoms with van der Waals surface area (Å²) in [6.45, 7) is 9.20. The average molecular weight is 384 g/mol. The summed E-state index contributed by atoms with van der Waals surface area (Å²) in [6, 6.07) is 4.22. The average Bonchev–Trinajstić information content (AvgIpc) is 3.25. The topological polar surface area (TPSA) is 86.0 Å². The molecule has 0 radical (unpaired) electrons. The fourth-order valence-corrected chi connectivity index (χ4v) is 4.31. The highest BCUT2D eigenvalue weighted by Crippen LogP contribution is 2.27. The summed E-state index contributed by atoms with van der Waals surface area (Å²) < 4.78 is 7.62. The van der Waals surface area contributed by atoms with Gasteiger partial charge in [0.1, 0.15) is 17.7 Å². The lowest BCUT2D eigenvalue weighted by Gasteiger charge is -2.32. The number of morpholine rings is 1. The zero-order chi connectivity index (χ0) is 19.5. The first kappa shape index (κ1) is 19.1. The number of nitrogens with one attached hydrogen (secondary N) is 1. The van der Waals surface area contributed by atoms with Gasteiger partial charge in [0.25, 0.3) is 0 Å². The number of ether oxygens (including phenoxy) is 1. The third-order valence-corrected chi connectivity index (χ3v) is 5.92. The molecule has 2 aliphatic heterocycles. The minimum Gasteiger partial charge on any atom is -0.379 e. The molecule has 2 aromatic rings. The molecule has 4 rings (SSSR count). The number of aromatic nitrogens is 4. The lowest BCUT2D eigenvalue weighted by atomic mass is 9.97. The molecule has 2 aliphatic rings. The molecule has 2 fully saturated rings. The van der Waals surface area contributed by atoms with Crippen LogP contribution >= 0.6 is 0 Å². The van der Waals surface area contributed by atoms with Gasteiger partial charge in [0.2, 0.25) is 0 Å². The second-order valence-corrected chi connectivity index (χ2v) is 7.94. The van der Waals surface area contributed by atoms with Gasteiger partial charge >= 0.3 is 0 Å². The number of likely N-dealkylation sites (tertiary alicyclic amines) is 1. The quantitative estimate of drug-likeness (QED) is 0.843. The molecule has 2 aromatic heterocycles. The first-order valence-electron chi connectivity index (χ1n) is 10.1. The number of hydrogen-bond acceptors (Lipinski definition) is 6. The van der Waals surface area contributed by atoms with Crippen molar-refractivity contribution in [2.45, 2.75) is 38.8 Å². The number of aryl methyl sites for hydroxylation is 1. The number of hydrogen-bond donors (Lipinski definition) is 1. The predicted molar refractivity (Wildman–Crippen MR) is 105 cm³/mol. The maximum atomic E-state index is 9.17. The molecule has 8 heteroatoms. The van der Waals surface area contributed by atoms with Crippen molar-refractivity contribution in [1.29, 1.82) is 5.26 Å². The Labute approximate surface area is 166 Å². The van der Waals surface area contributed by atoms with Crippen LogP contribution in [0.25, 0.3) is 0 Å². The Bertz CT molecular complexity index is 843. The summed E-state index contributed by atoms with van der Waals surface area (Å²) in [5.74, 6) is 2.53. The minimum atomic E-state index is 0.399. The molecule has 0 spiro atoms. The largest absolute Gasteiger partial charge is 0.379 e. The standard InChI is InChI=1S/C20H29N7O/c1-15-17(11-21)10-18(22-15)13-27-5-3-4-16(12-27)20-24-23-19(25(20)2)14-26-6-8-28-9-7-26/h10,16,22H,3-9,12-14H2,1-2H3/t16-/m0/s1. The first-order chi connectivity index (χ1) is 13.6. The van der Waals surface area contributed by atoms with Crippen LogP contribution < -0.4 is 0 Å². The maximum Gasteiger partial charge on any atom is 0.146 e. The van der Waals surface area contributed by atoms with Crippen molar-refractivity contribution < 1.29 is 4.74 Å². The van der Waals surface area contributed by atoms with Crippen LogP contribution in [0.15, 0.2) is 6.07 Å². The second-order valence-electron chi connectivity index (χ2n) is 7.94. The number of piperidine rings is 1. The van der Waals surface area contributed by atoms with E-state index in [1.807, 2.05) is 13.0 Å². The summed E-state index contributed by atoms with van der Waals surface area (Å²) in [7, 11) is 2.09. The molecule has 1 N–H and O–H groups in total. The summed E-state index contributed by atoms with van der Waals surface area (Å²) in [4.78, 5) is 8.18. The normalized spacial score (nSPS) is 21.7. The van der Waals surface area contributed by atoms with Crippen molar-refractivity contribution in [3.05, 3.63) is 34.7 Å². The van der Waals surface area contributed by atoms with Crippen LogP contribution in [0, 0.1) is 18.3 Å². The molecule has 8 nitrogen and oxygen atoms in total. The van der Waals surface area contributed by atoms with E-state index in [2.05, 4.69) is 42.7 Å². The van der Waals surface area contributed by atoms with E-state index in [1.54, 1.807) is 0 Å². The molecule has 28 heavy (non-hydrogen) atoms. The Morgan fingerprint density at radius 3 is 2.79 bits per heavy atom. The van der Waals surface area contributed by atoms with E-state index in [9.17, 15) is 0 Å². The number of rotatable bonds is 5. The van der Waals surface area contributed by atoms with E-state index in [0.29, 0.717) is 5.92 Å². The zero-order valence-electron chi connectivity index (χ0n) is 16.8. The van der Waals surface area contributed by atoms with Gasteiger partial charge in [-0.1, -0.05) is 0 Å². The third kappa shape index (κ3) is 4.12. The molecule has 4 heterocycles. The molecule has 0 bridgehead atoms. The van der Waals surface area contributed by atoms with Crippen molar-refractivity contribution >= 4 is 0 Å². The summed E-state index contributed by atoms with van der Waals surface area (Å²) in [6.07, 6.45) is 2.30. The first-order valence-corrected chi connectivity index (χ1v) is 10.1. The molecule has 0 aromatic carbocycles. The Morgan fingerprint density at radius 1 is 1.21 bits per heavy atom. The minimum absolute atomic E-state index is 0.399. The van der Waals surface area contributed by atoms with Crippen molar-refractivity contribution in [3.63, 3.8) is 0 Å². The van der Waals surface area contributed by atoms with Gasteiger partial charge in [0.15, 0.2) is 0 Å². The second kappa shape index (κ2) is 8.43. The van der Waals surface area contributed by atoms with Crippen LogP contribution in [0.5, 0.6) is 0 Å². The number of nitriles is 1. The van der Waals surface area contributed by atoms with Gasteiger partial charge in [-0.15, -0.1) is 10.2 Å². The van der Waals surface area contributed by atoms with Crippen LogP contribution in [0.2, 0.25) is 0 Å². The highest BCUT2D eigenvalue weighted by atomic mass is 16.5. The fraction of sp³-hybridized carbons (Fsp3) is 0.650. The summed E-state index contributed by atoms with van der Waals surface area (Å²) in [5.41, 5.74) is 2.80. The molecule has 0 unspecified atom stereocenters. The van der Waals surface area contributed by atoms with Crippen molar-refractivity contribution in [2.75, 3.05) is 39.4 Å². The number of H-pyrrole nitrogens is 1. The van der Waals surface area contributed by atoms with E-state index in [-0.39, 0.29) is 0 Å². The van der Waals surface area contributed by atoms with E-state index in [4.69, 9.17) is 10.00 Å². The van der Waals surface area contributed by atoms with Crippen LogP contribution in [-0.4, -0.2) is 68.9 Å².